The minimum Gasteiger partial charge on any atom is -0.508 e. The Morgan fingerprint density at radius 1 is 1.23 bits per heavy atom. The Hall–Kier alpha value is -2.04. The molecule has 0 fully saturated rings. The second-order valence-electron chi connectivity index (χ2n) is 2.25. The molecule has 0 saturated carbocycles. The van der Waals surface area contributed by atoms with Crippen LogP contribution in [-0.4, -0.2) is 20.5 Å². The van der Waals surface area contributed by atoms with Gasteiger partial charge in [-0.15, -0.1) is 5.10 Å². The zero-order valence-corrected chi connectivity index (χ0v) is 6.88. The monoisotopic (exact) mass is 178 g/mol. The van der Waals surface area contributed by atoms with E-state index in [4.69, 9.17) is 10.8 Å². The quantitative estimate of drug-likeness (QED) is 0.411. The fraction of sp³-hybridized carbons (Fsp3) is 0. The highest BCUT2D eigenvalue weighted by Gasteiger charge is 1.82. The van der Waals surface area contributed by atoms with E-state index in [0.717, 1.165) is 0 Å². The van der Waals surface area contributed by atoms with Crippen LogP contribution in [0.15, 0.2) is 36.7 Å². The van der Waals surface area contributed by atoms with Crippen LogP contribution < -0.4 is 5.73 Å². The van der Waals surface area contributed by atoms with Gasteiger partial charge in [0.2, 0.25) is 0 Å². The van der Waals surface area contributed by atoms with Gasteiger partial charge in [0.15, 0.2) is 0 Å². The zero-order chi connectivity index (χ0) is 9.52. The molecular formula is C8H10N4O. The topological polar surface area (TPSA) is 87.8 Å². The van der Waals surface area contributed by atoms with Gasteiger partial charge in [0.1, 0.15) is 5.75 Å². The van der Waals surface area contributed by atoms with Crippen molar-refractivity contribution in [2.24, 2.45) is 0 Å². The van der Waals surface area contributed by atoms with Crippen molar-refractivity contribution in [2.45, 2.75) is 0 Å². The number of rotatable bonds is 0. The summed E-state index contributed by atoms with van der Waals surface area (Å²) in [6, 6.07) is 6.40. The minimum atomic E-state index is 0.249. The van der Waals surface area contributed by atoms with Crippen LogP contribution in [0.2, 0.25) is 0 Å². The fourth-order valence-electron chi connectivity index (χ4n) is 0.641. The first kappa shape index (κ1) is 9.05. The number of hydrogen-bond donors (Lipinski definition) is 3. The van der Waals surface area contributed by atoms with Gasteiger partial charge in [-0.05, 0) is 24.3 Å². The molecule has 0 bridgehead atoms. The van der Waals surface area contributed by atoms with Gasteiger partial charge < -0.3 is 10.8 Å². The highest BCUT2D eigenvalue weighted by atomic mass is 16.3. The predicted octanol–water partition coefficient (Wildman–Crippen LogP) is 0.779. The van der Waals surface area contributed by atoms with Gasteiger partial charge in [0, 0.05) is 11.9 Å². The predicted molar refractivity (Wildman–Crippen MR) is 48.9 cm³/mol. The Kier molecular flexibility index (Phi) is 3.31. The summed E-state index contributed by atoms with van der Waals surface area (Å²) in [5, 5.41) is 18.0. The van der Waals surface area contributed by atoms with Crippen molar-refractivity contribution >= 4 is 5.69 Å². The van der Waals surface area contributed by atoms with Crippen molar-refractivity contribution in [3.63, 3.8) is 0 Å². The molecule has 0 unspecified atom stereocenters. The second kappa shape index (κ2) is 4.76. The number of nitrogens with zero attached hydrogens (tertiary/aromatic N) is 2. The molecule has 5 heteroatoms. The van der Waals surface area contributed by atoms with Crippen molar-refractivity contribution in [3.05, 3.63) is 36.7 Å². The molecule has 0 aliphatic carbocycles. The van der Waals surface area contributed by atoms with Crippen LogP contribution in [0.25, 0.3) is 0 Å². The lowest BCUT2D eigenvalue weighted by Crippen LogP contribution is -1.80. The maximum atomic E-state index is 8.70. The number of benzene rings is 1. The van der Waals surface area contributed by atoms with Gasteiger partial charge in [-0.1, -0.05) is 5.21 Å². The number of aromatic hydroxyl groups is 1. The molecule has 0 amide bonds. The molecule has 1 aromatic heterocycles. The minimum absolute atomic E-state index is 0.249. The van der Waals surface area contributed by atoms with Crippen LogP contribution in [-0.2, 0) is 0 Å². The molecule has 13 heavy (non-hydrogen) atoms. The molecule has 0 radical (unpaired) electrons. The Morgan fingerprint density at radius 3 is 2.23 bits per heavy atom. The molecule has 5 nitrogen and oxygen atoms in total. The molecule has 1 aromatic carbocycles. The average Bonchev–Trinajstić information content (AvgIpc) is 2.68. The van der Waals surface area contributed by atoms with Gasteiger partial charge >= 0.3 is 0 Å². The molecule has 68 valence electrons. The number of aromatic nitrogens is 3. The molecule has 0 atom stereocenters. The van der Waals surface area contributed by atoms with E-state index in [2.05, 4.69) is 15.4 Å². The molecule has 0 saturated heterocycles. The first-order valence-corrected chi connectivity index (χ1v) is 3.64. The van der Waals surface area contributed by atoms with Gasteiger partial charge in [0.25, 0.3) is 0 Å². The van der Waals surface area contributed by atoms with Crippen LogP contribution in [0.3, 0.4) is 0 Å². The van der Waals surface area contributed by atoms with Crippen molar-refractivity contribution in [1.82, 2.24) is 15.4 Å². The second-order valence-corrected chi connectivity index (χ2v) is 2.25. The van der Waals surface area contributed by atoms with Gasteiger partial charge in [0.05, 0.1) is 6.20 Å². The number of nitrogens with two attached hydrogens (primary N) is 1. The van der Waals surface area contributed by atoms with Crippen LogP contribution in [0.1, 0.15) is 0 Å². The summed E-state index contributed by atoms with van der Waals surface area (Å²) in [6.07, 6.45) is 3.24. The lowest BCUT2D eigenvalue weighted by atomic mass is 10.3. The van der Waals surface area contributed by atoms with Crippen LogP contribution in [0.4, 0.5) is 5.69 Å². The normalized spacial score (nSPS) is 8.62. The third-order valence-electron chi connectivity index (χ3n) is 1.22. The third kappa shape index (κ3) is 3.76. The molecule has 2 rings (SSSR count). The molecule has 4 N–H and O–H groups in total. The Morgan fingerprint density at radius 2 is 1.92 bits per heavy atom. The first-order chi connectivity index (χ1) is 6.29. The summed E-state index contributed by atoms with van der Waals surface area (Å²) in [6.45, 7) is 0. The van der Waals surface area contributed by atoms with E-state index in [-0.39, 0.29) is 5.75 Å². The summed E-state index contributed by atoms with van der Waals surface area (Å²) in [5.74, 6) is 0.249. The summed E-state index contributed by atoms with van der Waals surface area (Å²) in [4.78, 5) is 0. The maximum absolute atomic E-state index is 8.70. The van der Waals surface area contributed by atoms with Crippen LogP contribution in [0.5, 0.6) is 5.75 Å². The van der Waals surface area contributed by atoms with Crippen LogP contribution >= 0.6 is 0 Å². The van der Waals surface area contributed by atoms with Crippen molar-refractivity contribution in [3.8, 4) is 5.75 Å². The highest BCUT2D eigenvalue weighted by molar-refractivity contribution is 5.40. The van der Waals surface area contributed by atoms with E-state index in [0.29, 0.717) is 5.69 Å². The summed E-state index contributed by atoms with van der Waals surface area (Å²) in [7, 11) is 0. The highest BCUT2D eigenvalue weighted by Crippen LogP contribution is 2.09. The van der Waals surface area contributed by atoms with Gasteiger partial charge in [-0.3, -0.25) is 5.10 Å². The third-order valence-corrected chi connectivity index (χ3v) is 1.22. The molecule has 2 aromatic rings. The summed E-state index contributed by atoms with van der Waals surface area (Å²) in [5.41, 5.74) is 5.98. The number of hydrogen-bond acceptors (Lipinski definition) is 4. The Balaban J connectivity index is 0.000000145. The van der Waals surface area contributed by atoms with E-state index in [1.807, 2.05) is 0 Å². The van der Waals surface area contributed by atoms with Gasteiger partial charge in [-0.2, -0.15) is 0 Å². The number of H-pyrrole nitrogens is 1. The van der Waals surface area contributed by atoms with Crippen molar-refractivity contribution in [2.75, 3.05) is 5.73 Å². The van der Waals surface area contributed by atoms with Crippen molar-refractivity contribution < 1.29 is 5.11 Å². The van der Waals surface area contributed by atoms with E-state index in [1.54, 1.807) is 36.7 Å². The van der Waals surface area contributed by atoms with E-state index >= 15 is 0 Å². The lowest BCUT2D eigenvalue weighted by molar-refractivity contribution is 0.475. The zero-order valence-electron chi connectivity index (χ0n) is 6.88. The first-order valence-electron chi connectivity index (χ1n) is 3.64. The number of phenolic OH excluding ortho intramolecular Hbond substituents is 1. The number of aromatic amines is 1. The summed E-state index contributed by atoms with van der Waals surface area (Å²) < 4.78 is 0. The fourth-order valence-corrected chi connectivity index (χ4v) is 0.641. The van der Waals surface area contributed by atoms with Crippen molar-refractivity contribution in [1.29, 1.82) is 0 Å². The smallest absolute Gasteiger partial charge is 0.115 e. The average molecular weight is 178 g/mol. The summed E-state index contributed by atoms with van der Waals surface area (Å²) >= 11 is 0. The largest absolute Gasteiger partial charge is 0.508 e. The van der Waals surface area contributed by atoms with E-state index in [1.165, 1.54) is 0 Å². The molecular weight excluding hydrogens is 168 g/mol. The Bertz CT molecular complexity index is 278. The number of nitrogen functional groups attached to an aromatic ring is 1. The lowest BCUT2D eigenvalue weighted by Gasteiger charge is -1.89. The molecule has 1 heterocycles. The SMILES string of the molecule is Nc1ccc(O)cc1.c1c[nH]nn1. The number of nitrogens with one attached hydrogen (secondary N) is 1. The molecule has 0 aliphatic heterocycles. The molecule has 0 aliphatic rings. The van der Waals surface area contributed by atoms with Gasteiger partial charge in [-0.25, -0.2) is 0 Å². The molecule has 0 spiro atoms. The maximum Gasteiger partial charge on any atom is 0.115 e. The number of phenols is 1. The van der Waals surface area contributed by atoms with E-state index < -0.39 is 0 Å². The van der Waals surface area contributed by atoms with E-state index in [9.17, 15) is 0 Å². The Labute approximate surface area is 75.2 Å². The number of anilines is 1. The van der Waals surface area contributed by atoms with Crippen LogP contribution in [0, 0.1) is 0 Å². The standard InChI is InChI=1S/C6H7NO.C2H3N3/c7-5-1-3-6(8)4-2-5;1-2-4-5-3-1/h1-4,8H,7H2;1-2H,(H,3,4,5).